The first-order chi connectivity index (χ1) is 10.6. The lowest BCUT2D eigenvalue weighted by atomic mass is 9.98. The number of fused-ring (bicyclic) bond motifs is 1. The summed E-state index contributed by atoms with van der Waals surface area (Å²) >= 11 is 0. The first kappa shape index (κ1) is 17.5. The highest BCUT2D eigenvalue weighted by molar-refractivity contribution is 5.68. The van der Waals surface area contributed by atoms with Crippen molar-refractivity contribution in [1.29, 1.82) is 0 Å². The van der Waals surface area contributed by atoms with Crippen molar-refractivity contribution in [3.05, 3.63) is 28.8 Å². The Kier molecular flexibility index (Phi) is 4.79. The molecule has 0 spiro atoms. The number of methoxy groups -OCH3 is 1. The topological polar surface area (TPSA) is 64.8 Å². The standard InChI is InChI=1S/C16H22F2N2O3/c1-16(2,3)23-15(21)20-6-5-11(19)12-9(8-20)7-10(17)14(22-4)13(12)18/h7,11H,5-6,8,19H2,1-4H3. The van der Waals surface area contributed by atoms with Gasteiger partial charge in [0.1, 0.15) is 5.60 Å². The molecular weight excluding hydrogens is 306 g/mol. The molecule has 23 heavy (non-hydrogen) atoms. The molecule has 1 unspecified atom stereocenters. The normalized spacial score (nSPS) is 18.2. The molecule has 1 aliphatic heterocycles. The van der Waals surface area contributed by atoms with E-state index in [1.54, 1.807) is 20.8 Å². The van der Waals surface area contributed by atoms with Crippen LogP contribution in [0.15, 0.2) is 6.07 Å². The summed E-state index contributed by atoms with van der Waals surface area (Å²) in [4.78, 5) is 13.6. The zero-order chi connectivity index (χ0) is 17.4. The number of benzene rings is 1. The largest absolute Gasteiger partial charge is 0.491 e. The minimum absolute atomic E-state index is 0.0375. The van der Waals surface area contributed by atoms with E-state index in [4.69, 9.17) is 15.2 Å². The molecule has 0 bridgehead atoms. The van der Waals surface area contributed by atoms with Gasteiger partial charge in [0, 0.05) is 24.7 Å². The molecule has 2 rings (SSSR count). The van der Waals surface area contributed by atoms with Gasteiger partial charge in [0.15, 0.2) is 17.4 Å². The lowest BCUT2D eigenvalue weighted by Crippen LogP contribution is -2.36. The number of hydrogen-bond acceptors (Lipinski definition) is 4. The summed E-state index contributed by atoms with van der Waals surface area (Å²) in [6, 6.07) is 0.520. The lowest BCUT2D eigenvalue weighted by molar-refractivity contribution is 0.0234. The van der Waals surface area contributed by atoms with Gasteiger partial charge >= 0.3 is 6.09 Å². The van der Waals surface area contributed by atoms with Crippen LogP contribution in [0, 0.1) is 11.6 Å². The number of hydrogen-bond donors (Lipinski definition) is 1. The fourth-order valence-corrected chi connectivity index (χ4v) is 2.59. The van der Waals surface area contributed by atoms with Gasteiger partial charge in [-0.2, -0.15) is 0 Å². The predicted octanol–water partition coefficient (Wildman–Crippen LogP) is 3.11. The van der Waals surface area contributed by atoms with Gasteiger partial charge in [0.25, 0.3) is 0 Å². The summed E-state index contributed by atoms with van der Waals surface area (Å²) in [5, 5.41) is 0. The van der Waals surface area contributed by atoms with Crippen LogP contribution in [0.25, 0.3) is 0 Å². The molecule has 0 saturated heterocycles. The van der Waals surface area contributed by atoms with E-state index in [1.165, 1.54) is 18.1 Å². The van der Waals surface area contributed by atoms with Crippen molar-refractivity contribution in [2.24, 2.45) is 5.73 Å². The molecule has 128 valence electrons. The van der Waals surface area contributed by atoms with Crippen molar-refractivity contribution in [2.75, 3.05) is 13.7 Å². The molecule has 1 aromatic carbocycles. The lowest BCUT2D eigenvalue weighted by Gasteiger charge is -2.26. The van der Waals surface area contributed by atoms with Gasteiger partial charge in [-0.15, -0.1) is 0 Å². The summed E-state index contributed by atoms with van der Waals surface area (Å²) in [6.07, 6.45) is -0.188. The van der Waals surface area contributed by atoms with E-state index in [2.05, 4.69) is 0 Å². The summed E-state index contributed by atoms with van der Waals surface area (Å²) in [5.41, 5.74) is 5.89. The quantitative estimate of drug-likeness (QED) is 0.860. The Bertz CT molecular complexity index is 614. The third-order valence-corrected chi connectivity index (χ3v) is 3.60. The second kappa shape index (κ2) is 6.31. The number of nitrogens with two attached hydrogens (primary N) is 1. The van der Waals surface area contributed by atoms with Gasteiger partial charge in [0.2, 0.25) is 0 Å². The highest BCUT2D eigenvalue weighted by Crippen LogP contribution is 2.34. The monoisotopic (exact) mass is 328 g/mol. The first-order valence-corrected chi connectivity index (χ1v) is 7.42. The Hall–Kier alpha value is -1.89. The predicted molar refractivity (Wildman–Crippen MR) is 81.1 cm³/mol. The third-order valence-electron chi connectivity index (χ3n) is 3.60. The average Bonchev–Trinajstić information content (AvgIpc) is 2.56. The Morgan fingerprint density at radius 2 is 2.04 bits per heavy atom. The molecule has 0 saturated carbocycles. The summed E-state index contributed by atoms with van der Waals surface area (Å²) in [6.45, 7) is 5.61. The SMILES string of the molecule is COc1c(F)cc2c(c1F)C(N)CCN(C(=O)OC(C)(C)C)C2. The van der Waals surface area contributed by atoms with Crippen molar-refractivity contribution in [2.45, 2.75) is 45.4 Å². The zero-order valence-electron chi connectivity index (χ0n) is 13.8. The number of nitrogens with zero attached hydrogens (tertiary/aromatic N) is 1. The maximum atomic E-state index is 14.5. The average molecular weight is 328 g/mol. The van der Waals surface area contributed by atoms with E-state index in [-0.39, 0.29) is 12.1 Å². The molecule has 1 heterocycles. The molecule has 1 aliphatic rings. The second-order valence-electron chi connectivity index (χ2n) is 6.58. The van der Waals surface area contributed by atoms with Crippen LogP contribution in [-0.2, 0) is 11.3 Å². The van der Waals surface area contributed by atoms with Crippen molar-refractivity contribution < 1.29 is 23.0 Å². The Labute approximate surface area is 134 Å². The molecule has 0 fully saturated rings. The van der Waals surface area contributed by atoms with Crippen molar-refractivity contribution in [1.82, 2.24) is 4.90 Å². The molecule has 5 nitrogen and oxygen atoms in total. The number of ether oxygens (including phenoxy) is 2. The fraction of sp³-hybridized carbons (Fsp3) is 0.562. The van der Waals surface area contributed by atoms with E-state index in [0.717, 1.165) is 0 Å². The van der Waals surface area contributed by atoms with Crippen LogP contribution in [0.4, 0.5) is 13.6 Å². The van der Waals surface area contributed by atoms with Gasteiger partial charge in [-0.05, 0) is 38.8 Å². The third kappa shape index (κ3) is 3.72. The van der Waals surface area contributed by atoms with Gasteiger partial charge in [0.05, 0.1) is 7.11 Å². The van der Waals surface area contributed by atoms with E-state index in [0.29, 0.717) is 18.5 Å². The van der Waals surface area contributed by atoms with Crippen LogP contribution >= 0.6 is 0 Å². The molecule has 0 aromatic heterocycles. The van der Waals surface area contributed by atoms with Gasteiger partial charge in [-0.3, -0.25) is 0 Å². The minimum atomic E-state index is -0.818. The molecule has 1 atom stereocenters. The molecule has 7 heteroatoms. The highest BCUT2D eigenvalue weighted by Gasteiger charge is 2.31. The van der Waals surface area contributed by atoms with Crippen LogP contribution in [-0.4, -0.2) is 30.2 Å². The van der Waals surface area contributed by atoms with Crippen molar-refractivity contribution in [3.8, 4) is 5.75 Å². The maximum absolute atomic E-state index is 14.5. The summed E-state index contributed by atoms with van der Waals surface area (Å²) in [5.74, 6) is -2.08. The van der Waals surface area contributed by atoms with Crippen LogP contribution in [0.3, 0.4) is 0 Å². The Morgan fingerprint density at radius 3 is 2.61 bits per heavy atom. The Morgan fingerprint density at radius 1 is 1.39 bits per heavy atom. The van der Waals surface area contributed by atoms with Crippen molar-refractivity contribution >= 4 is 6.09 Å². The van der Waals surface area contributed by atoms with Crippen LogP contribution in [0.2, 0.25) is 0 Å². The van der Waals surface area contributed by atoms with Gasteiger partial charge < -0.3 is 20.1 Å². The van der Waals surface area contributed by atoms with Crippen LogP contribution < -0.4 is 10.5 Å². The molecule has 2 N–H and O–H groups in total. The van der Waals surface area contributed by atoms with Crippen molar-refractivity contribution in [3.63, 3.8) is 0 Å². The number of amides is 1. The van der Waals surface area contributed by atoms with Crippen LogP contribution in [0.5, 0.6) is 5.75 Å². The maximum Gasteiger partial charge on any atom is 0.410 e. The molecule has 0 radical (unpaired) electrons. The van der Waals surface area contributed by atoms with E-state index < -0.39 is 35.1 Å². The van der Waals surface area contributed by atoms with E-state index >= 15 is 0 Å². The number of halogens is 2. The smallest absolute Gasteiger partial charge is 0.410 e. The van der Waals surface area contributed by atoms with Gasteiger partial charge in [-0.25, -0.2) is 13.6 Å². The molecule has 1 aromatic rings. The van der Waals surface area contributed by atoms with E-state index in [1.807, 2.05) is 0 Å². The molecule has 1 amide bonds. The van der Waals surface area contributed by atoms with Crippen LogP contribution in [0.1, 0.15) is 44.4 Å². The number of carbonyl (C=O) groups is 1. The summed E-state index contributed by atoms with van der Waals surface area (Å²) < 4.78 is 38.5. The first-order valence-electron chi connectivity index (χ1n) is 7.42. The van der Waals surface area contributed by atoms with Gasteiger partial charge in [-0.1, -0.05) is 0 Å². The molecule has 0 aliphatic carbocycles. The Balaban J connectivity index is 2.37. The summed E-state index contributed by atoms with van der Waals surface area (Å²) in [7, 11) is 1.20. The number of rotatable bonds is 1. The molecular formula is C16H22F2N2O3. The second-order valence-corrected chi connectivity index (χ2v) is 6.58. The number of carbonyl (C=O) groups excluding carboxylic acids is 1. The van der Waals surface area contributed by atoms with E-state index in [9.17, 15) is 13.6 Å². The minimum Gasteiger partial charge on any atom is -0.491 e. The highest BCUT2D eigenvalue weighted by atomic mass is 19.1. The fourth-order valence-electron chi connectivity index (χ4n) is 2.59. The zero-order valence-corrected chi connectivity index (χ0v) is 13.8.